The summed E-state index contributed by atoms with van der Waals surface area (Å²) >= 11 is 7.59. The van der Waals surface area contributed by atoms with E-state index in [2.05, 4.69) is 171 Å². The topological polar surface area (TPSA) is 25.8 Å². The molecule has 0 N–H and O–H groups in total. The molecule has 60 heavy (non-hydrogen) atoms. The van der Waals surface area contributed by atoms with Crippen molar-refractivity contribution >= 4 is 42.6 Å². The monoisotopic (exact) mass is 1080 g/mol. The maximum atomic E-state index is 14.4. The number of nitrogens with zero attached hydrogens (tertiary/aromatic N) is 2. The number of aromatic nitrogens is 2. The Labute approximate surface area is 379 Å². The van der Waals surface area contributed by atoms with Gasteiger partial charge in [0.2, 0.25) is 0 Å². The zero-order valence-electron chi connectivity index (χ0n) is 32.5. The first kappa shape index (κ1) is 38.8. The Hall–Kier alpha value is -5.36. The van der Waals surface area contributed by atoms with Crippen LogP contribution in [0.15, 0.2) is 173 Å². The van der Waals surface area contributed by atoms with Gasteiger partial charge in [0.25, 0.3) is 0 Å². The van der Waals surface area contributed by atoms with Crippen LogP contribution in [0.25, 0.3) is 66.7 Å². The third-order valence-electron chi connectivity index (χ3n) is 12.5. The molecule has 0 aliphatic heterocycles. The second-order valence-corrected chi connectivity index (χ2v) is 17.7. The van der Waals surface area contributed by atoms with Crippen molar-refractivity contribution in [2.75, 3.05) is 0 Å². The van der Waals surface area contributed by atoms with Crippen LogP contribution in [0.4, 0.5) is 4.39 Å². The van der Waals surface area contributed by atoms with Gasteiger partial charge in [-0.3, -0.25) is 0 Å². The molecule has 3 aliphatic rings. The number of hydrogen-bond acceptors (Lipinski definition) is 2. The van der Waals surface area contributed by atoms with Gasteiger partial charge in [-0.05, 0) is 120 Å². The molecule has 291 valence electrons. The molecule has 1 radical (unpaired) electrons. The molecule has 0 saturated heterocycles. The van der Waals surface area contributed by atoms with E-state index in [1.807, 2.05) is 42.6 Å². The summed E-state index contributed by atoms with van der Waals surface area (Å²) in [5.41, 5.74) is 17.4. The van der Waals surface area contributed by atoms with E-state index in [0.29, 0.717) is 5.56 Å². The van der Waals surface area contributed by atoms with Crippen LogP contribution < -0.4 is 0 Å². The van der Waals surface area contributed by atoms with Crippen molar-refractivity contribution in [3.05, 3.63) is 224 Å². The summed E-state index contributed by atoms with van der Waals surface area (Å²) in [5, 5.41) is 2.26. The van der Waals surface area contributed by atoms with Crippen molar-refractivity contribution in [2.24, 2.45) is 0 Å². The van der Waals surface area contributed by atoms with E-state index in [0.717, 1.165) is 53.4 Å². The zero-order chi connectivity index (χ0) is 40.0. The molecule has 2 heterocycles. The summed E-state index contributed by atoms with van der Waals surface area (Å²) in [6.45, 7) is 4.13. The molecular formula is C54H33Br2FIrN2-2. The Morgan fingerprint density at radius 2 is 1.20 bits per heavy atom. The fraction of sp³-hybridized carbons (Fsp3) is 0.0741. The fourth-order valence-electron chi connectivity index (χ4n) is 9.97. The van der Waals surface area contributed by atoms with Crippen molar-refractivity contribution in [1.29, 1.82) is 0 Å². The average molecular weight is 1080 g/mol. The molecule has 0 atom stereocenters. The molecule has 7 aromatic carbocycles. The predicted octanol–water partition coefficient (Wildman–Crippen LogP) is 14.6. The molecule has 3 aliphatic carbocycles. The van der Waals surface area contributed by atoms with E-state index in [4.69, 9.17) is 0 Å². The second kappa shape index (κ2) is 14.7. The van der Waals surface area contributed by atoms with E-state index >= 15 is 0 Å². The minimum atomic E-state index is -0.398. The molecule has 12 rings (SSSR count). The summed E-state index contributed by atoms with van der Waals surface area (Å²) in [6.07, 6.45) is 3.61. The van der Waals surface area contributed by atoms with Crippen molar-refractivity contribution in [3.8, 4) is 55.9 Å². The van der Waals surface area contributed by atoms with Crippen molar-refractivity contribution in [3.63, 3.8) is 0 Å². The smallest absolute Gasteiger partial charge is 0.0726 e. The summed E-state index contributed by atoms with van der Waals surface area (Å²) < 4.78 is 16.6. The number of pyridine rings is 2. The van der Waals surface area contributed by atoms with Gasteiger partial charge in [-0.2, -0.15) is 0 Å². The second-order valence-electron chi connectivity index (χ2n) is 15.9. The number of rotatable bonds is 2. The van der Waals surface area contributed by atoms with Crippen LogP contribution in [0.1, 0.15) is 47.2 Å². The van der Waals surface area contributed by atoms with Gasteiger partial charge >= 0.3 is 0 Å². The molecule has 0 bridgehead atoms. The summed E-state index contributed by atoms with van der Waals surface area (Å²) in [5.74, 6) is -0.183. The van der Waals surface area contributed by atoms with Gasteiger partial charge in [-0.1, -0.05) is 136 Å². The largest absolute Gasteiger partial charge is 0.305 e. The van der Waals surface area contributed by atoms with Gasteiger partial charge in [0.05, 0.1) is 5.41 Å². The van der Waals surface area contributed by atoms with Crippen LogP contribution in [-0.2, 0) is 30.9 Å². The number of halogens is 3. The number of fused-ring (bicyclic) bond motifs is 12. The predicted molar refractivity (Wildman–Crippen MR) is 244 cm³/mol. The summed E-state index contributed by atoms with van der Waals surface area (Å²) in [6, 6.07) is 59.5. The Morgan fingerprint density at radius 1 is 0.550 bits per heavy atom. The van der Waals surface area contributed by atoms with E-state index in [1.165, 1.54) is 56.1 Å². The van der Waals surface area contributed by atoms with E-state index < -0.39 is 5.41 Å². The summed E-state index contributed by atoms with van der Waals surface area (Å²) in [7, 11) is 0. The van der Waals surface area contributed by atoms with Crippen molar-refractivity contribution < 1.29 is 24.5 Å². The standard InChI is InChI=1S/C36H20Br2N.C18H13FN.Ir/c37-25-12-15-29-30-16-13-26(38)21-34(30)36(33(29)20-25)31-9-2-1-8-27(31)28-14-11-23(19-32(28)36)22-6-5-7-24(18-22)35-10-3-4-17-39-35;1-18(2)13-7-3-5-11-9-10-20-17(15(11)13)12-6-4-8-14(19)16(12)18;/h1-6,8-21H;3-5,7-10H,1-2H3;/q2*-1;. The van der Waals surface area contributed by atoms with Crippen LogP contribution in [0.2, 0.25) is 0 Å². The van der Waals surface area contributed by atoms with Crippen LogP contribution >= 0.6 is 31.9 Å². The molecular weight excluding hydrogens is 1050 g/mol. The van der Waals surface area contributed by atoms with E-state index in [1.54, 1.807) is 12.3 Å². The molecule has 2 nitrogen and oxygen atoms in total. The van der Waals surface area contributed by atoms with Gasteiger partial charge in [-0.25, -0.2) is 4.39 Å². The molecule has 6 heteroatoms. The molecule has 2 aromatic heterocycles. The fourth-order valence-corrected chi connectivity index (χ4v) is 10.7. The third kappa shape index (κ3) is 5.72. The minimum Gasteiger partial charge on any atom is -0.305 e. The molecule has 0 fully saturated rings. The van der Waals surface area contributed by atoms with E-state index in [9.17, 15) is 4.39 Å². The van der Waals surface area contributed by atoms with Gasteiger partial charge in [0, 0.05) is 47.3 Å². The first-order valence-corrected chi connectivity index (χ1v) is 21.2. The van der Waals surface area contributed by atoms with Gasteiger partial charge < -0.3 is 9.97 Å². The quantitative estimate of drug-likeness (QED) is 0.161. The van der Waals surface area contributed by atoms with Crippen LogP contribution in [0.5, 0.6) is 0 Å². The first-order valence-electron chi connectivity index (χ1n) is 19.6. The SMILES string of the molecule is Brc1ccc2c(c1)C1(c3ccccc3-c3ccc(-c4cc[c-]c(-c5ccccn5)c4)cc31)c1cc(Br)ccc1-2.CC1(C)c2c([c-]ccc2F)-c2nccc3cccc1c23.[Ir]. The maximum absolute atomic E-state index is 14.4. The van der Waals surface area contributed by atoms with Gasteiger partial charge in [0.15, 0.2) is 0 Å². The molecule has 0 amide bonds. The Kier molecular flexibility index (Phi) is 9.49. The molecule has 0 saturated carbocycles. The van der Waals surface area contributed by atoms with Crippen LogP contribution in [-0.4, -0.2) is 9.97 Å². The van der Waals surface area contributed by atoms with Gasteiger partial charge in [0.1, 0.15) is 0 Å². The Balaban J connectivity index is 0.000000173. The maximum Gasteiger partial charge on any atom is 0.0726 e. The van der Waals surface area contributed by atoms with Gasteiger partial charge in [-0.15, -0.1) is 59.2 Å². The van der Waals surface area contributed by atoms with Crippen LogP contribution in [0, 0.1) is 17.9 Å². The molecule has 9 aromatic rings. The third-order valence-corrected chi connectivity index (χ3v) is 13.4. The molecule has 1 spiro atoms. The van der Waals surface area contributed by atoms with E-state index in [-0.39, 0.29) is 31.3 Å². The number of benzene rings is 7. The first-order chi connectivity index (χ1) is 28.7. The van der Waals surface area contributed by atoms with Crippen LogP contribution in [0.3, 0.4) is 0 Å². The van der Waals surface area contributed by atoms with Crippen molar-refractivity contribution in [1.82, 2.24) is 9.97 Å². The molecule has 0 unspecified atom stereocenters. The summed E-state index contributed by atoms with van der Waals surface area (Å²) in [4.78, 5) is 9.04. The zero-order valence-corrected chi connectivity index (χ0v) is 38.0. The average Bonchev–Trinajstić information content (AvgIpc) is 3.72. The number of hydrogen-bond donors (Lipinski definition) is 0. The normalized spacial score (nSPS) is 13.9. The Bertz CT molecular complexity index is 3140. The Morgan fingerprint density at radius 3 is 1.95 bits per heavy atom. The van der Waals surface area contributed by atoms with Crippen molar-refractivity contribution in [2.45, 2.75) is 24.7 Å². The minimum absolute atomic E-state index is 0.